The van der Waals surface area contributed by atoms with Gasteiger partial charge in [-0.25, -0.2) is 0 Å². The summed E-state index contributed by atoms with van der Waals surface area (Å²) in [7, 11) is 0. The van der Waals surface area contributed by atoms with Crippen molar-refractivity contribution < 1.29 is 4.74 Å². The van der Waals surface area contributed by atoms with Crippen LogP contribution in [0.15, 0.2) is 0 Å². The molecule has 1 N–H and O–H groups in total. The second kappa shape index (κ2) is 8.98. The van der Waals surface area contributed by atoms with Crippen LogP contribution in [0.3, 0.4) is 0 Å². The van der Waals surface area contributed by atoms with Crippen molar-refractivity contribution in [2.24, 2.45) is 5.92 Å². The van der Waals surface area contributed by atoms with E-state index in [1.54, 1.807) is 0 Å². The van der Waals surface area contributed by atoms with E-state index in [1.807, 2.05) is 0 Å². The van der Waals surface area contributed by atoms with Gasteiger partial charge in [-0.05, 0) is 51.7 Å². The van der Waals surface area contributed by atoms with E-state index in [1.165, 1.54) is 52.0 Å². The smallest absolute Gasteiger partial charge is 0.0594 e. The summed E-state index contributed by atoms with van der Waals surface area (Å²) in [5.74, 6) is 0.876. The van der Waals surface area contributed by atoms with Gasteiger partial charge in [-0.15, -0.1) is 0 Å². The van der Waals surface area contributed by atoms with Crippen molar-refractivity contribution in [1.29, 1.82) is 0 Å². The SMILES string of the molecule is CCCNC(C)C1CCN(CCN2CCOCC2)CC1. The zero-order valence-electron chi connectivity index (χ0n) is 13.4. The zero-order chi connectivity index (χ0) is 14.2. The van der Waals surface area contributed by atoms with Gasteiger partial charge in [0.25, 0.3) is 0 Å². The van der Waals surface area contributed by atoms with E-state index in [9.17, 15) is 0 Å². The van der Waals surface area contributed by atoms with Crippen LogP contribution in [0.2, 0.25) is 0 Å². The molecule has 4 heteroatoms. The minimum absolute atomic E-state index is 0.691. The average Bonchev–Trinajstić information content (AvgIpc) is 2.52. The highest BCUT2D eigenvalue weighted by Crippen LogP contribution is 2.20. The maximum atomic E-state index is 5.40. The van der Waals surface area contributed by atoms with E-state index < -0.39 is 0 Å². The molecule has 118 valence electrons. The lowest BCUT2D eigenvalue weighted by Crippen LogP contribution is -2.45. The predicted octanol–water partition coefficient (Wildman–Crippen LogP) is 1.42. The Balaban J connectivity index is 1.58. The summed E-state index contributed by atoms with van der Waals surface area (Å²) >= 11 is 0. The number of piperidine rings is 1. The second-order valence-corrected chi connectivity index (χ2v) is 6.38. The molecule has 20 heavy (non-hydrogen) atoms. The Morgan fingerprint density at radius 1 is 1.05 bits per heavy atom. The molecule has 0 amide bonds. The first-order chi connectivity index (χ1) is 9.79. The molecule has 0 radical (unpaired) electrons. The largest absolute Gasteiger partial charge is 0.379 e. The van der Waals surface area contributed by atoms with Gasteiger partial charge in [-0.3, -0.25) is 4.90 Å². The Bertz CT molecular complexity index is 248. The third-order valence-corrected chi connectivity index (χ3v) is 4.89. The number of hydrogen-bond acceptors (Lipinski definition) is 4. The number of nitrogens with zero attached hydrogens (tertiary/aromatic N) is 2. The van der Waals surface area contributed by atoms with Crippen molar-refractivity contribution in [1.82, 2.24) is 15.1 Å². The van der Waals surface area contributed by atoms with E-state index in [4.69, 9.17) is 4.74 Å². The zero-order valence-corrected chi connectivity index (χ0v) is 13.4. The highest BCUT2D eigenvalue weighted by atomic mass is 16.5. The van der Waals surface area contributed by atoms with Crippen molar-refractivity contribution >= 4 is 0 Å². The monoisotopic (exact) mass is 283 g/mol. The molecule has 0 aromatic carbocycles. The molecule has 0 saturated carbocycles. The number of hydrogen-bond donors (Lipinski definition) is 1. The number of rotatable bonds is 7. The maximum Gasteiger partial charge on any atom is 0.0594 e. The van der Waals surface area contributed by atoms with E-state index in [0.717, 1.165) is 32.2 Å². The Hall–Kier alpha value is -0.160. The summed E-state index contributed by atoms with van der Waals surface area (Å²) < 4.78 is 5.40. The third-order valence-electron chi connectivity index (χ3n) is 4.89. The molecular weight excluding hydrogens is 250 g/mol. The van der Waals surface area contributed by atoms with Gasteiger partial charge >= 0.3 is 0 Å². The van der Waals surface area contributed by atoms with Gasteiger partial charge in [-0.1, -0.05) is 6.92 Å². The standard InChI is InChI=1S/C16H33N3O/c1-3-6-17-15(2)16-4-7-18(8-5-16)9-10-19-11-13-20-14-12-19/h15-17H,3-14H2,1-2H3. The molecule has 2 saturated heterocycles. The molecular formula is C16H33N3O. The van der Waals surface area contributed by atoms with Crippen LogP contribution in [-0.4, -0.2) is 74.9 Å². The Labute approximate surface area is 124 Å². The molecule has 2 aliphatic rings. The topological polar surface area (TPSA) is 27.7 Å². The van der Waals surface area contributed by atoms with Crippen LogP contribution >= 0.6 is 0 Å². The quantitative estimate of drug-likeness (QED) is 0.765. The average molecular weight is 283 g/mol. The van der Waals surface area contributed by atoms with Crippen LogP contribution in [0.1, 0.15) is 33.1 Å². The number of nitrogens with one attached hydrogen (secondary N) is 1. The van der Waals surface area contributed by atoms with Crippen molar-refractivity contribution in [3.63, 3.8) is 0 Å². The van der Waals surface area contributed by atoms with E-state index >= 15 is 0 Å². The van der Waals surface area contributed by atoms with Crippen LogP contribution < -0.4 is 5.32 Å². The molecule has 0 aromatic heterocycles. The molecule has 1 unspecified atom stereocenters. The van der Waals surface area contributed by atoms with E-state index in [-0.39, 0.29) is 0 Å². The number of likely N-dealkylation sites (tertiary alicyclic amines) is 1. The van der Waals surface area contributed by atoms with Crippen molar-refractivity contribution in [2.45, 2.75) is 39.2 Å². The van der Waals surface area contributed by atoms with Gasteiger partial charge in [0.15, 0.2) is 0 Å². The number of morpholine rings is 1. The van der Waals surface area contributed by atoms with Gasteiger partial charge in [0.05, 0.1) is 13.2 Å². The molecule has 1 atom stereocenters. The lowest BCUT2D eigenvalue weighted by Gasteiger charge is -2.36. The highest BCUT2D eigenvalue weighted by molar-refractivity contribution is 4.80. The molecule has 0 spiro atoms. The van der Waals surface area contributed by atoms with E-state index in [2.05, 4.69) is 29.0 Å². The van der Waals surface area contributed by atoms with Gasteiger partial charge in [0, 0.05) is 32.2 Å². The van der Waals surface area contributed by atoms with Crippen LogP contribution in [0.5, 0.6) is 0 Å². The normalized spacial score (nSPS) is 24.9. The third kappa shape index (κ3) is 5.32. The molecule has 2 heterocycles. The molecule has 2 fully saturated rings. The fourth-order valence-corrected chi connectivity index (χ4v) is 3.32. The van der Waals surface area contributed by atoms with Gasteiger partial charge in [0.2, 0.25) is 0 Å². The molecule has 0 bridgehead atoms. The van der Waals surface area contributed by atoms with Gasteiger partial charge in [-0.2, -0.15) is 0 Å². The van der Waals surface area contributed by atoms with Crippen molar-refractivity contribution in [2.75, 3.05) is 59.0 Å². The summed E-state index contributed by atoms with van der Waals surface area (Å²) in [5.41, 5.74) is 0. The Kier molecular flexibility index (Phi) is 7.28. The van der Waals surface area contributed by atoms with Crippen LogP contribution in [0.25, 0.3) is 0 Å². The summed E-state index contributed by atoms with van der Waals surface area (Å²) in [6.07, 6.45) is 3.96. The van der Waals surface area contributed by atoms with Crippen molar-refractivity contribution in [3.8, 4) is 0 Å². The van der Waals surface area contributed by atoms with Crippen LogP contribution in [0, 0.1) is 5.92 Å². The van der Waals surface area contributed by atoms with E-state index in [0.29, 0.717) is 6.04 Å². The lowest BCUT2D eigenvalue weighted by molar-refractivity contribution is 0.0310. The first-order valence-corrected chi connectivity index (χ1v) is 8.55. The summed E-state index contributed by atoms with van der Waals surface area (Å²) in [4.78, 5) is 5.19. The van der Waals surface area contributed by atoms with Crippen LogP contribution in [-0.2, 0) is 4.74 Å². The van der Waals surface area contributed by atoms with Gasteiger partial charge in [0.1, 0.15) is 0 Å². The molecule has 0 aliphatic carbocycles. The van der Waals surface area contributed by atoms with Crippen LogP contribution in [0.4, 0.5) is 0 Å². The second-order valence-electron chi connectivity index (χ2n) is 6.38. The summed E-state index contributed by atoms with van der Waals surface area (Å²) in [5, 5.41) is 3.66. The number of ether oxygens (including phenoxy) is 1. The fourth-order valence-electron chi connectivity index (χ4n) is 3.32. The maximum absolute atomic E-state index is 5.40. The molecule has 2 rings (SSSR count). The first-order valence-electron chi connectivity index (χ1n) is 8.55. The Morgan fingerprint density at radius 2 is 1.65 bits per heavy atom. The van der Waals surface area contributed by atoms with Crippen molar-refractivity contribution in [3.05, 3.63) is 0 Å². The first kappa shape index (κ1) is 16.2. The van der Waals surface area contributed by atoms with Gasteiger partial charge < -0.3 is 15.0 Å². The fraction of sp³-hybridized carbons (Fsp3) is 1.00. The summed E-state index contributed by atoms with van der Waals surface area (Å²) in [6.45, 7) is 14.9. The predicted molar refractivity (Wildman–Crippen MR) is 84.2 cm³/mol. The molecule has 2 aliphatic heterocycles. The lowest BCUT2D eigenvalue weighted by atomic mass is 9.90. The summed E-state index contributed by atoms with van der Waals surface area (Å²) in [6, 6.07) is 0.691. The minimum atomic E-state index is 0.691. The highest BCUT2D eigenvalue weighted by Gasteiger charge is 2.23. The Morgan fingerprint density at radius 3 is 2.25 bits per heavy atom. The molecule has 0 aromatic rings. The minimum Gasteiger partial charge on any atom is -0.379 e. The molecule has 4 nitrogen and oxygen atoms in total.